The summed E-state index contributed by atoms with van der Waals surface area (Å²) in [6.07, 6.45) is 8.01. The number of Topliss-reactive ketones (excluding diaryl/α,β-unsaturated/α-hetero) is 1. The van der Waals surface area contributed by atoms with Gasteiger partial charge in [-0.05, 0) is 48.3 Å². The van der Waals surface area contributed by atoms with E-state index in [9.17, 15) is 4.79 Å². The zero-order valence-corrected chi connectivity index (χ0v) is 15.1. The van der Waals surface area contributed by atoms with Gasteiger partial charge >= 0.3 is 0 Å². The minimum Gasteiger partial charge on any atom is -0.361 e. The Balaban J connectivity index is 2.03. The molecule has 126 valence electrons. The summed E-state index contributed by atoms with van der Waals surface area (Å²) >= 11 is 0. The van der Waals surface area contributed by atoms with Gasteiger partial charge in [0.25, 0.3) is 0 Å². The molecule has 0 aliphatic heterocycles. The summed E-state index contributed by atoms with van der Waals surface area (Å²) < 4.78 is 0. The molecular formula is C21H31NO. The van der Waals surface area contributed by atoms with Crippen LogP contribution < -0.4 is 5.32 Å². The molecule has 0 spiro atoms. The lowest BCUT2D eigenvalue weighted by atomic mass is 9.68. The number of aryl methyl sites for hydroxylation is 1. The van der Waals surface area contributed by atoms with Gasteiger partial charge in [-0.2, -0.15) is 0 Å². The first kappa shape index (κ1) is 17.8. The van der Waals surface area contributed by atoms with Crippen LogP contribution in [0.1, 0.15) is 65.4 Å². The third kappa shape index (κ3) is 4.70. The molecule has 0 amide bonds. The van der Waals surface area contributed by atoms with Crippen molar-refractivity contribution in [2.75, 3.05) is 5.32 Å². The van der Waals surface area contributed by atoms with Crippen molar-refractivity contribution in [1.82, 2.24) is 0 Å². The predicted molar refractivity (Wildman–Crippen MR) is 98.6 cm³/mol. The van der Waals surface area contributed by atoms with E-state index in [0.29, 0.717) is 23.5 Å². The van der Waals surface area contributed by atoms with E-state index < -0.39 is 0 Å². The molecule has 0 unspecified atom stereocenters. The highest BCUT2D eigenvalue weighted by Crippen LogP contribution is 2.41. The summed E-state index contributed by atoms with van der Waals surface area (Å²) in [4.78, 5) is 12.2. The lowest BCUT2D eigenvalue weighted by molar-refractivity contribution is -0.117. The summed E-state index contributed by atoms with van der Waals surface area (Å²) in [5, 5.41) is 3.32. The predicted octanol–water partition coefficient (Wildman–Crippen LogP) is 5.74. The molecule has 2 nitrogen and oxygen atoms in total. The molecule has 1 aliphatic rings. The van der Waals surface area contributed by atoms with E-state index in [1.165, 1.54) is 12.0 Å². The molecule has 1 aromatic carbocycles. The third-order valence-electron chi connectivity index (χ3n) is 5.47. The number of carbonyl (C=O) groups excluding carboxylic acids is 1. The van der Waals surface area contributed by atoms with Gasteiger partial charge in [-0.3, -0.25) is 4.79 Å². The molecule has 1 N–H and O–H groups in total. The largest absolute Gasteiger partial charge is 0.361 e. The normalized spacial score (nSPS) is 20.8. The molecule has 0 aromatic heterocycles. The topological polar surface area (TPSA) is 29.1 Å². The Kier molecular flexibility index (Phi) is 6.04. The van der Waals surface area contributed by atoms with Crippen LogP contribution in [0, 0.1) is 11.3 Å². The molecule has 1 aliphatic carbocycles. The van der Waals surface area contributed by atoms with Crippen LogP contribution in [0.2, 0.25) is 0 Å². The molecule has 2 rings (SSSR count). The van der Waals surface area contributed by atoms with Gasteiger partial charge in [0.05, 0.1) is 0 Å². The van der Waals surface area contributed by atoms with Gasteiger partial charge in [0.2, 0.25) is 0 Å². The highest BCUT2D eigenvalue weighted by molar-refractivity contribution is 5.96. The van der Waals surface area contributed by atoms with E-state index in [-0.39, 0.29) is 0 Å². The van der Waals surface area contributed by atoms with Gasteiger partial charge in [0.15, 0.2) is 5.78 Å². The van der Waals surface area contributed by atoms with Gasteiger partial charge in [-0.1, -0.05) is 52.7 Å². The first-order chi connectivity index (χ1) is 11.0. The van der Waals surface area contributed by atoms with Crippen molar-refractivity contribution in [2.45, 2.75) is 66.2 Å². The Morgan fingerprint density at radius 1 is 1.22 bits per heavy atom. The van der Waals surface area contributed by atoms with Gasteiger partial charge in [0.1, 0.15) is 0 Å². The highest BCUT2D eigenvalue weighted by Gasteiger charge is 2.33. The molecule has 2 heteroatoms. The van der Waals surface area contributed by atoms with Crippen molar-refractivity contribution in [3.05, 3.63) is 41.6 Å². The molecule has 0 radical (unpaired) electrons. The SMILES string of the molecule is CCCc1ccc(N/C=C2\C[C@H](C(C)(C)CC)CCC2=O)cc1. The van der Waals surface area contributed by atoms with Crippen LogP contribution in [0.25, 0.3) is 0 Å². The number of rotatable bonds is 6. The fourth-order valence-corrected chi connectivity index (χ4v) is 3.27. The maximum atomic E-state index is 12.2. The van der Waals surface area contributed by atoms with E-state index in [4.69, 9.17) is 0 Å². The Labute approximate surface area is 141 Å². The van der Waals surface area contributed by atoms with Crippen molar-refractivity contribution in [3.8, 4) is 0 Å². The van der Waals surface area contributed by atoms with Crippen molar-refractivity contribution in [2.24, 2.45) is 11.3 Å². The fraction of sp³-hybridized carbons (Fsp3) is 0.571. The van der Waals surface area contributed by atoms with Crippen LogP contribution >= 0.6 is 0 Å². The molecule has 0 bridgehead atoms. The molecule has 1 aromatic rings. The molecule has 1 atom stereocenters. The number of ketones is 1. The number of hydrogen-bond donors (Lipinski definition) is 1. The summed E-state index contributed by atoms with van der Waals surface area (Å²) in [6.45, 7) is 9.09. The molecule has 1 fully saturated rings. The maximum absolute atomic E-state index is 12.2. The summed E-state index contributed by atoms with van der Waals surface area (Å²) in [6, 6.07) is 8.53. The number of carbonyl (C=O) groups is 1. The van der Waals surface area contributed by atoms with Gasteiger partial charge < -0.3 is 5.32 Å². The molecular weight excluding hydrogens is 282 g/mol. The number of nitrogens with one attached hydrogen (secondary N) is 1. The first-order valence-corrected chi connectivity index (χ1v) is 9.04. The quantitative estimate of drug-likeness (QED) is 0.678. The van der Waals surface area contributed by atoms with Crippen LogP contribution in [0.3, 0.4) is 0 Å². The van der Waals surface area contributed by atoms with Crippen molar-refractivity contribution < 1.29 is 4.79 Å². The number of benzene rings is 1. The average molecular weight is 313 g/mol. The van der Waals surface area contributed by atoms with E-state index in [2.05, 4.69) is 57.3 Å². The van der Waals surface area contributed by atoms with Gasteiger partial charge in [0, 0.05) is 23.9 Å². The van der Waals surface area contributed by atoms with E-state index >= 15 is 0 Å². The molecule has 1 saturated carbocycles. The Morgan fingerprint density at radius 3 is 2.52 bits per heavy atom. The second-order valence-corrected chi connectivity index (χ2v) is 7.47. The number of hydrogen-bond acceptors (Lipinski definition) is 2. The summed E-state index contributed by atoms with van der Waals surface area (Å²) in [7, 11) is 0. The van der Waals surface area contributed by atoms with Crippen molar-refractivity contribution >= 4 is 11.5 Å². The van der Waals surface area contributed by atoms with Crippen LogP contribution in [-0.4, -0.2) is 5.78 Å². The number of anilines is 1. The zero-order chi connectivity index (χ0) is 16.9. The standard InChI is InChI=1S/C21H31NO/c1-5-7-16-8-11-19(12-9-16)22-15-17-14-18(10-13-20(17)23)21(3,4)6-2/h8-9,11-12,15,18,22H,5-7,10,13-14H2,1-4H3/b17-15+/t18-/m1/s1. The summed E-state index contributed by atoms with van der Waals surface area (Å²) in [5.41, 5.74) is 3.69. The van der Waals surface area contributed by atoms with E-state index in [0.717, 1.165) is 36.9 Å². The van der Waals surface area contributed by atoms with E-state index in [1.807, 2.05) is 6.20 Å². The smallest absolute Gasteiger partial charge is 0.160 e. The third-order valence-corrected chi connectivity index (χ3v) is 5.47. The Hall–Kier alpha value is -1.57. The molecule has 0 saturated heterocycles. The van der Waals surface area contributed by atoms with E-state index in [1.54, 1.807) is 0 Å². The van der Waals surface area contributed by atoms with Crippen molar-refractivity contribution in [3.63, 3.8) is 0 Å². The van der Waals surface area contributed by atoms with Gasteiger partial charge in [-0.15, -0.1) is 0 Å². The number of allylic oxidation sites excluding steroid dienone is 1. The second-order valence-electron chi connectivity index (χ2n) is 7.47. The Bertz CT molecular complexity index is 554. The van der Waals surface area contributed by atoms with Gasteiger partial charge in [-0.25, -0.2) is 0 Å². The van der Waals surface area contributed by atoms with Crippen molar-refractivity contribution in [1.29, 1.82) is 0 Å². The monoisotopic (exact) mass is 313 g/mol. The molecule has 23 heavy (non-hydrogen) atoms. The van der Waals surface area contributed by atoms with Crippen LogP contribution in [0.15, 0.2) is 36.0 Å². The average Bonchev–Trinajstić information content (AvgIpc) is 2.55. The minimum atomic E-state index is 0.307. The van der Waals surface area contributed by atoms with Crippen LogP contribution in [0.4, 0.5) is 5.69 Å². The summed E-state index contributed by atoms with van der Waals surface area (Å²) in [5.74, 6) is 0.911. The zero-order valence-electron chi connectivity index (χ0n) is 15.1. The minimum absolute atomic E-state index is 0.307. The maximum Gasteiger partial charge on any atom is 0.160 e. The molecule has 0 heterocycles. The first-order valence-electron chi connectivity index (χ1n) is 9.04. The Morgan fingerprint density at radius 2 is 1.91 bits per heavy atom. The van der Waals surface area contributed by atoms with Crippen LogP contribution in [0.5, 0.6) is 0 Å². The fourth-order valence-electron chi connectivity index (χ4n) is 3.27. The second kappa shape index (κ2) is 7.81. The lowest BCUT2D eigenvalue weighted by Crippen LogP contribution is -2.29. The van der Waals surface area contributed by atoms with Crippen LogP contribution in [-0.2, 0) is 11.2 Å². The lowest BCUT2D eigenvalue weighted by Gasteiger charge is -2.36. The highest BCUT2D eigenvalue weighted by atomic mass is 16.1.